The Morgan fingerprint density at radius 2 is 1.82 bits per heavy atom. The summed E-state index contributed by atoms with van der Waals surface area (Å²) in [6.07, 6.45) is 9.38. The molecule has 0 bridgehead atoms. The monoisotopic (exact) mass is 542 g/mol. The zero-order valence-electron chi connectivity index (χ0n) is 23.7. The Kier molecular flexibility index (Phi) is 8.02. The Morgan fingerprint density at radius 1 is 1.10 bits per heavy atom. The molecule has 0 radical (unpaired) electrons. The summed E-state index contributed by atoms with van der Waals surface area (Å²) in [7, 11) is 0. The molecule has 1 aromatic carbocycles. The Bertz CT molecular complexity index is 1500. The highest BCUT2D eigenvalue weighted by atomic mass is 16.5. The smallest absolute Gasteiger partial charge is 0.343 e. The lowest BCUT2D eigenvalue weighted by atomic mass is 9.82. The molecule has 2 N–H and O–H groups in total. The molecule has 0 atom stereocenters. The fraction of sp³-hybridized carbons (Fsp3) is 0.419. The predicted molar refractivity (Wildman–Crippen MR) is 155 cm³/mol. The van der Waals surface area contributed by atoms with Crippen molar-refractivity contribution >= 4 is 23.3 Å². The first-order valence-electron chi connectivity index (χ1n) is 14.2. The third-order valence-electron chi connectivity index (χ3n) is 7.75. The molecule has 0 saturated heterocycles. The predicted octanol–water partition coefficient (Wildman–Crippen LogP) is 5.39. The average Bonchev–Trinajstić information content (AvgIpc) is 3.59. The van der Waals surface area contributed by atoms with E-state index in [0.29, 0.717) is 18.3 Å². The number of imidazole rings is 1. The fourth-order valence-electron chi connectivity index (χ4n) is 5.49. The number of hydrogen-bond acceptors (Lipinski definition) is 6. The quantitative estimate of drug-likeness (QED) is 0.299. The molecular weight excluding hydrogens is 504 g/mol. The summed E-state index contributed by atoms with van der Waals surface area (Å²) < 4.78 is 8.98. The van der Waals surface area contributed by atoms with E-state index in [-0.39, 0.29) is 30.0 Å². The van der Waals surface area contributed by atoms with E-state index in [1.807, 2.05) is 67.0 Å². The van der Waals surface area contributed by atoms with Crippen LogP contribution in [0.25, 0.3) is 22.6 Å². The summed E-state index contributed by atoms with van der Waals surface area (Å²) in [5.41, 5.74) is 10.5. The second-order valence-electron chi connectivity index (χ2n) is 10.9. The van der Waals surface area contributed by atoms with E-state index < -0.39 is 5.97 Å². The molecule has 0 spiro atoms. The molecule has 3 aromatic heterocycles. The summed E-state index contributed by atoms with van der Waals surface area (Å²) in [6, 6.07) is 11.6. The number of carbonyl (C=O) groups is 2. The third kappa shape index (κ3) is 5.38. The molecule has 0 unspecified atom stereocenters. The minimum atomic E-state index is -0.489. The number of esters is 1. The highest BCUT2D eigenvalue weighted by Crippen LogP contribution is 2.33. The van der Waals surface area contributed by atoms with Crippen molar-refractivity contribution < 1.29 is 14.3 Å². The molecule has 210 valence electrons. The normalized spacial score (nSPS) is 17.4. The minimum absolute atomic E-state index is 0.0248. The number of hydrogen-bond donors (Lipinski definition) is 1. The van der Waals surface area contributed by atoms with Gasteiger partial charge in [0.25, 0.3) is 0 Å². The summed E-state index contributed by atoms with van der Waals surface area (Å²) in [5, 5.41) is 4.78. The molecule has 0 aliphatic heterocycles. The van der Waals surface area contributed by atoms with Crippen molar-refractivity contribution in [2.45, 2.75) is 66.0 Å². The highest BCUT2D eigenvalue weighted by molar-refractivity contribution is 6.02. The fourth-order valence-corrected chi connectivity index (χ4v) is 5.49. The molecule has 1 fully saturated rings. The van der Waals surface area contributed by atoms with Crippen LogP contribution in [0.5, 0.6) is 0 Å². The first-order valence-corrected chi connectivity index (χ1v) is 14.2. The maximum Gasteiger partial charge on any atom is 0.343 e. The molecule has 5 rings (SSSR count). The SMILES string of the molecule is CCOC(=O)c1cn(-c2ccc(-c3cn4cccc(CN)c4n3)cc2)nc1N(C(=O)C1CCC(C)CC1)C(C)C. The number of pyridine rings is 1. The van der Waals surface area contributed by atoms with E-state index in [1.165, 1.54) is 0 Å². The molecule has 3 heterocycles. The number of nitrogens with zero attached hydrogens (tertiary/aromatic N) is 5. The molecule has 4 aromatic rings. The Labute approximate surface area is 234 Å². The van der Waals surface area contributed by atoms with Crippen LogP contribution in [0.3, 0.4) is 0 Å². The van der Waals surface area contributed by atoms with E-state index in [0.717, 1.165) is 53.8 Å². The highest BCUT2D eigenvalue weighted by Gasteiger charge is 2.34. The lowest BCUT2D eigenvalue weighted by molar-refractivity contribution is -0.124. The number of benzene rings is 1. The van der Waals surface area contributed by atoms with E-state index in [2.05, 4.69) is 6.92 Å². The van der Waals surface area contributed by atoms with Crippen molar-refractivity contribution in [2.24, 2.45) is 17.6 Å². The molecule has 40 heavy (non-hydrogen) atoms. The van der Waals surface area contributed by atoms with E-state index in [9.17, 15) is 9.59 Å². The molecule has 1 amide bonds. The van der Waals surface area contributed by atoms with Gasteiger partial charge in [-0.15, -0.1) is 5.10 Å². The van der Waals surface area contributed by atoms with Crippen LogP contribution in [0.2, 0.25) is 0 Å². The van der Waals surface area contributed by atoms with Gasteiger partial charge in [0.2, 0.25) is 5.91 Å². The lowest BCUT2D eigenvalue weighted by Crippen LogP contribution is -2.43. The van der Waals surface area contributed by atoms with Crippen LogP contribution in [-0.2, 0) is 16.1 Å². The maximum absolute atomic E-state index is 13.8. The Hall–Kier alpha value is -3.98. The Morgan fingerprint density at radius 3 is 2.48 bits per heavy atom. The van der Waals surface area contributed by atoms with Crippen LogP contribution < -0.4 is 10.6 Å². The van der Waals surface area contributed by atoms with Crippen LogP contribution in [0.4, 0.5) is 5.82 Å². The van der Waals surface area contributed by atoms with Crippen molar-refractivity contribution in [3.8, 4) is 16.9 Å². The van der Waals surface area contributed by atoms with Gasteiger partial charge in [0.05, 0.1) is 18.0 Å². The van der Waals surface area contributed by atoms with Gasteiger partial charge in [-0.3, -0.25) is 9.69 Å². The van der Waals surface area contributed by atoms with Crippen molar-refractivity contribution in [3.05, 3.63) is 66.1 Å². The third-order valence-corrected chi connectivity index (χ3v) is 7.75. The van der Waals surface area contributed by atoms with Gasteiger partial charge in [-0.2, -0.15) is 0 Å². The number of amides is 1. The van der Waals surface area contributed by atoms with Gasteiger partial charge in [-0.1, -0.05) is 25.1 Å². The van der Waals surface area contributed by atoms with Gasteiger partial charge in [-0.05, 0) is 70.6 Å². The van der Waals surface area contributed by atoms with Crippen molar-refractivity contribution in [3.63, 3.8) is 0 Å². The summed E-state index contributed by atoms with van der Waals surface area (Å²) in [6.45, 7) is 8.57. The second kappa shape index (κ2) is 11.6. The standard InChI is InChI=1S/C31H38N6O3/c1-5-40-31(39)26-18-36(34-29(26)37(20(2)3)30(38)23-10-8-21(4)9-11-23)25-14-12-22(13-15-25)27-19-35-16-6-7-24(17-32)28(35)33-27/h6-7,12-16,18-21,23H,5,8-11,17,32H2,1-4H3. The Balaban J connectivity index is 1.48. The van der Waals surface area contributed by atoms with E-state index >= 15 is 0 Å². The van der Waals surface area contributed by atoms with Crippen molar-refractivity contribution in [1.29, 1.82) is 0 Å². The minimum Gasteiger partial charge on any atom is -0.462 e. The van der Waals surface area contributed by atoms with Crippen LogP contribution in [0.1, 0.15) is 69.3 Å². The largest absolute Gasteiger partial charge is 0.462 e. The van der Waals surface area contributed by atoms with Crippen LogP contribution >= 0.6 is 0 Å². The first-order chi connectivity index (χ1) is 19.3. The summed E-state index contributed by atoms with van der Waals surface area (Å²) in [4.78, 5) is 33.2. The van der Waals surface area contributed by atoms with Gasteiger partial charge in [-0.25, -0.2) is 14.5 Å². The maximum atomic E-state index is 13.8. The molecule has 9 heteroatoms. The molecule has 1 saturated carbocycles. The summed E-state index contributed by atoms with van der Waals surface area (Å²) >= 11 is 0. The second-order valence-corrected chi connectivity index (χ2v) is 10.9. The number of ether oxygens (including phenoxy) is 1. The van der Waals surface area contributed by atoms with Gasteiger partial charge in [0.1, 0.15) is 11.2 Å². The number of nitrogens with two attached hydrogens (primary N) is 1. The van der Waals surface area contributed by atoms with Crippen LogP contribution in [-0.4, -0.2) is 43.7 Å². The number of anilines is 1. The molecular formula is C31H38N6O3. The molecule has 1 aliphatic carbocycles. The average molecular weight is 543 g/mol. The first kappa shape index (κ1) is 27.6. The van der Waals surface area contributed by atoms with Crippen LogP contribution in [0.15, 0.2) is 55.0 Å². The van der Waals surface area contributed by atoms with Gasteiger partial charge >= 0.3 is 5.97 Å². The van der Waals surface area contributed by atoms with Crippen molar-refractivity contribution in [1.82, 2.24) is 19.2 Å². The van der Waals surface area contributed by atoms with Crippen LogP contribution in [0, 0.1) is 11.8 Å². The molecule has 9 nitrogen and oxygen atoms in total. The van der Waals surface area contributed by atoms with Gasteiger partial charge < -0.3 is 14.9 Å². The van der Waals surface area contributed by atoms with E-state index in [4.69, 9.17) is 20.6 Å². The van der Waals surface area contributed by atoms with E-state index in [1.54, 1.807) is 22.7 Å². The zero-order chi connectivity index (χ0) is 28.4. The number of carbonyl (C=O) groups excluding carboxylic acids is 2. The molecule has 1 aliphatic rings. The number of fused-ring (bicyclic) bond motifs is 1. The lowest BCUT2D eigenvalue weighted by Gasteiger charge is -2.32. The van der Waals surface area contributed by atoms with Gasteiger partial charge in [0.15, 0.2) is 5.82 Å². The number of rotatable bonds is 8. The number of aromatic nitrogens is 4. The summed E-state index contributed by atoms with van der Waals surface area (Å²) in [5.74, 6) is 0.449. The topological polar surface area (TPSA) is 108 Å². The van der Waals surface area contributed by atoms with Gasteiger partial charge in [0, 0.05) is 48.2 Å². The zero-order valence-corrected chi connectivity index (χ0v) is 23.7. The van der Waals surface area contributed by atoms with Crippen molar-refractivity contribution in [2.75, 3.05) is 11.5 Å².